The van der Waals surface area contributed by atoms with Gasteiger partial charge in [-0.2, -0.15) is 0 Å². The fourth-order valence-corrected chi connectivity index (χ4v) is 1.45. The van der Waals surface area contributed by atoms with E-state index in [0.29, 0.717) is 5.95 Å². The van der Waals surface area contributed by atoms with Crippen molar-refractivity contribution in [1.82, 2.24) is 14.9 Å². The zero-order valence-corrected chi connectivity index (χ0v) is 7.91. The summed E-state index contributed by atoms with van der Waals surface area (Å²) in [7, 11) is 0. The topological polar surface area (TPSA) is 32.3 Å². The van der Waals surface area contributed by atoms with Gasteiger partial charge in [0.25, 0.3) is 0 Å². The first-order chi connectivity index (χ1) is 7.43. The van der Waals surface area contributed by atoms with E-state index in [-0.39, 0.29) is 0 Å². The summed E-state index contributed by atoms with van der Waals surface area (Å²) >= 11 is 0. The molecule has 4 heteroatoms. The summed E-state index contributed by atoms with van der Waals surface area (Å²) in [4.78, 5) is 12.0. The predicted octanol–water partition coefficient (Wildman–Crippen LogP) is 1.52. The molecule has 3 heterocycles. The van der Waals surface area contributed by atoms with Crippen LogP contribution in [0.4, 0.5) is 5.95 Å². The third kappa shape index (κ3) is 1.40. The maximum atomic E-state index is 4.15. The number of nitrogens with zero attached hydrogens (tertiary/aromatic N) is 4. The quantitative estimate of drug-likeness (QED) is 0.681. The minimum absolute atomic E-state index is 0.626. The van der Waals surface area contributed by atoms with Crippen LogP contribution >= 0.6 is 0 Å². The van der Waals surface area contributed by atoms with Crippen LogP contribution in [-0.2, 0) is 0 Å². The molecule has 2 radical (unpaired) electrons. The standard InChI is InChI=1S/C11H8N4/c1-2-7-14-9-15(8-10(14)4-1)11-12-5-3-6-13-11/h1-8H. The van der Waals surface area contributed by atoms with Gasteiger partial charge in [-0.15, -0.1) is 0 Å². The van der Waals surface area contributed by atoms with Crippen LogP contribution in [0.5, 0.6) is 0 Å². The molecule has 0 unspecified atom stereocenters. The van der Waals surface area contributed by atoms with Crippen molar-refractivity contribution >= 4 is 5.95 Å². The number of allylic oxidation sites excluding steroid dienone is 3. The van der Waals surface area contributed by atoms with E-state index < -0.39 is 0 Å². The molecule has 15 heavy (non-hydrogen) atoms. The second kappa shape index (κ2) is 3.24. The molecule has 72 valence electrons. The van der Waals surface area contributed by atoms with E-state index in [9.17, 15) is 0 Å². The van der Waals surface area contributed by atoms with Crippen molar-refractivity contribution < 1.29 is 0 Å². The fourth-order valence-electron chi connectivity index (χ4n) is 1.45. The minimum atomic E-state index is 0.626. The molecule has 0 bridgehead atoms. The molecule has 0 amide bonds. The molecule has 0 saturated heterocycles. The van der Waals surface area contributed by atoms with Gasteiger partial charge in [0.1, 0.15) is 0 Å². The van der Waals surface area contributed by atoms with E-state index in [1.807, 2.05) is 35.5 Å². The molecule has 0 aromatic carbocycles. The first kappa shape index (κ1) is 8.23. The maximum absolute atomic E-state index is 4.15. The van der Waals surface area contributed by atoms with Gasteiger partial charge in [0.15, 0.2) is 0 Å². The van der Waals surface area contributed by atoms with Crippen LogP contribution in [0, 0.1) is 6.67 Å². The summed E-state index contributed by atoms with van der Waals surface area (Å²) in [6, 6.07) is 1.79. The third-order valence-corrected chi connectivity index (χ3v) is 2.14. The second-order valence-electron chi connectivity index (χ2n) is 3.14. The second-order valence-corrected chi connectivity index (χ2v) is 3.14. The highest BCUT2D eigenvalue weighted by Gasteiger charge is 2.22. The summed E-state index contributed by atoms with van der Waals surface area (Å²) in [5, 5.41) is 0. The number of anilines is 1. The third-order valence-electron chi connectivity index (χ3n) is 2.14. The highest BCUT2D eigenvalue weighted by Crippen LogP contribution is 2.25. The van der Waals surface area contributed by atoms with E-state index in [1.165, 1.54) is 0 Å². The van der Waals surface area contributed by atoms with Gasteiger partial charge < -0.3 is 4.90 Å². The van der Waals surface area contributed by atoms with E-state index in [0.717, 1.165) is 5.70 Å². The smallest absolute Gasteiger partial charge is 0.231 e. The molecular formula is C11H8N4. The average Bonchev–Trinajstić information content (AvgIpc) is 2.74. The molecule has 2 aliphatic rings. The van der Waals surface area contributed by atoms with Gasteiger partial charge in [-0.25, -0.2) is 9.97 Å². The normalized spacial score (nSPS) is 18.0. The minimum Gasteiger partial charge on any atom is -0.315 e. The highest BCUT2D eigenvalue weighted by molar-refractivity contribution is 5.47. The molecule has 4 nitrogen and oxygen atoms in total. The summed E-state index contributed by atoms with van der Waals surface area (Å²) < 4.78 is 0. The molecule has 0 atom stereocenters. The Bertz CT molecular complexity index is 447. The van der Waals surface area contributed by atoms with E-state index in [2.05, 4.69) is 16.6 Å². The lowest BCUT2D eigenvalue weighted by atomic mass is 10.3. The average molecular weight is 196 g/mol. The van der Waals surface area contributed by atoms with Gasteiger partial charge in [-0.05, 0) is 18.2 Å². The van der Waals surface area contributed by atoms with Crippen LogP contribution in [0.25, 0.3) is 0 Å². The largest absolute Gasteiger partial charge is 0.315 e. The Kier molecular flexibility index (Phi) is 1.78. The summed E-state index contributed by atoms with van der Waals surface area (Å²) in [5.41, 5.74) is 1.06. The first-order valence-electron chi connectivity index (χ1n) is 4.62. The van der Waals surface area contributed by atoms with E-state index in [1.54, 1.807) is 23.4 Å². The molecule has 1 aromatic rings. The van der Waals surface area contributed by atoms with Crippen LogP contribution in [0.15, 0.2) is 54.8 Å². The van der Waals surface area contributed by atoms with Crippen molar-refractivity contribution in [2.45, 2.75) is 0 Å². The number of hydrogen-bond acceptors (Lipinski definition) is 4. The van der Waals surface area contributed by atoms with Crippen molar-refractivity contribution in [3.63, 3.8) is 0 Å². The Morgan fingerprint density at radius 3 is 2.73 bits per heavy atom. The Morgan fingerprint density at radius 2 is 1.93 bits per heavy atom. The Balaban J connectivity index is 1.91. The highest BCUT2D eigenvalue weighted by atomic mass is 15.4. The summed E-state index contributed by atoms with van der Waals surface area (Å²) in [6.45, 7) is 3.12. The van der Waals surface area contributed by atoms with Crippen molar-refractivity contribution in [1.29, 1.82) is 0 Å². The van der Waals surface area contributed by atoms with Crippen molar-refractivity contribution in [3.8, 4) is 0 Å². The Labute approximate surface area is 87.9 Å². The molecule has 0 N–H and O–H groups in total. The molecule has 0 spiro atoms. The lowest BCUT2D eigenvalue weighted by molar-refractivity contribution is 0.596. The van der Waals surface area contributed by atoms with Crippen LogP contribution in [-0.4, -0.2) is 14.9 Å². The maximum Gasteiger partial charge on any atom is 0.231 e. The van der Waals surface area contributed by atoms with Crippen molar-refractivity contribution in [3.05, 3.63) is 61.5 Å². The molecule has 0 aliphatic carbocycles. The zero-order chi connectivity index (χ0) is 10.1. The fraction of sp³-hybridized carbons (Fsp3) is 0. The SMILES string of the molecule is [C]1N2C=CC=CC2=CN1c1ncccn1. The summed E-state index contributed by atoms with van der Waals surface area (Å²) in [5.74, 6) is 0.626. The predicted molar refractivity (Wildman–Crippen MR) is 56.0 cm³/mol. The number of fused-ring (bicyclic) bond motifs is 1. The molecule has 0 fully saturated rings. The number of hydrogen-bond donors (Lipinski definition) is 0. The lowest BCUT2D eigenvalue weighted by Crippen LogP contribution is -2.17. The van der Waals surface area contributed by atoms with E-state index >= 15 is 0 Å². The van der Waals surface area contributed by atoms with Crippen LogP contribution in [0.3, 0.4) is 0 Å². The van der Waals surface area contributed by atoms with Crippen molar-refractivity contribution in [2.24, 2.45) is 0 Å². The number of aromatic nitrogens is 2. The van der Waals surface area contributed by atoms with Gasteiger partial charge in [0.2, 0.25) is 12.6 Å². The Hall–Kier alpha value is -2.10. The van der Waals surface area contributed by atoms with Crippen LogP contribution in [0.2, 0.25) is 0 Å². The van der Waals surface area contributed by atoms with Crippen LogP contribution < -0.4 is 4.90 Å². The monoisotopic (exact) mass is 196 g/mol. The van der Waals surface area contributed by atoms with E-state index in [4.69, 9.17) is 0 Å². The zero-order valence-electron chi connectivity index (χ0n) is 7.91. The lowest BCUT2D eigenvalue weighted by Gasteiger charge is -2.16. The molecule has 2 aliphatic heterocycles. The molecule has 1 aromatic heterocycles. The summed E-state index contributed by atoms with van der Waals surface area (Å²) in [6.07, 6.45) is 13.3. The molecule has 0 saturated carbocycles. The van der Waals surface area contributed by atoms with Crippen LogP contribution in [0.1, 0.15) is 0 Å². The Morgan fingerprint density at radius 1 is 1.07 bits per heavy atom. The van der Waals surface area contributed by atoms with Gasteiger partial charge >= 0.3 is 0 Å². The van der Waals surface area contributed by atoms with Gasteiger partial charge in [-0.1, -0.05) is 6.08 Å². The first-order valence-corrected chi connectivity index (χ1v) is 4.62. The molecule has 3 rings (SSSR count). The van der Waals surface area contributed by atoms with Crippen molar-refractivity contribution in [2.75, 3.05) is 4.90 Å². The number of rotatable bonds is 1. The molecular weight excluding hydrogens is 188 g/mol. The van der Waals surface area contributed by atoms with Gasteiger partial charge in [0, 0.05) is 24.8 Å². The van der Waals surface area contributed by atoms with Gasteiger partial charge in [-0.3, -0.25) is 4.90 Å². The van der Waals surface area contributed by atoms with Gasteiger partial charge in [0.05, 0.1) is 5.70 Å².